The molecule has 2 saturated heterocycles. The minimum Gasteiger partial charge on any atom is -0.334 e. The highest BCUT2D eigenvalue weighted by atomic mass is 32.1. The first-order valence-corrected chi connectivity index (χ1v) is 9.00. The Morgan fingerprint density at radius 3 is 2.55 bits per heavy atom. The molecule has 1 N–H and O–H groups in total. The molecule has 0 spiro atoms. The van der Waals surface area contributed by atoms with Crippen molar-refractivity contribution >= 4 is 28.3 Å². The predicted octanol–water partition coefficient (Wildman–Crippen LogP) is 2.75. The van der Waals surface area contributed by atoms with E-state index in [0.717, 1.165) is 18.4 Å². The molecule has 6 heteroatoms. The summed E-state index contributed by atoms with van der Waals surface area (Å²) in [5.41, 5.74) is 0.481. The van der Waals surface area contributed by atoms with E-state index < -0.39 is 0 Å². The zero-order chi connectivity index (χ0) is 15.3. The number of hydrogen-bond acceptors (Lipinski definition) is 4. The molecule has 22 heavy (non-hydrogen) atoms. The summed E-state index contributed by atoms with van der Waals surface area (Å²) >= 11 is 1.32. The molecule has 118 valence electrons. The fourth-order valence-electron chi connectivity index (χ4n) is 4.76. The Kier molecular flexibility index (Phi) is 3.44. The van der Waals surface area contributed by atoms with Crippen LogP contribution in [0.25, 0.3) is 0 Å². The molecule has 5 rings (SSSR count). The number of hydrogen-bond donors (Lipinski definition) is 1. The summed E-state index contributed by atoms with van der Waals surface area (Å²) in [5, 5.41) is 4.93. The maximum Gasteiger partial charge on any atom is 0.273 e. The molecule has 2 aliphatic heterocycles. The number of nitrogens with one attached hydrogen (secondary N) is 1. The Balaban J connectivity index is 1.55. The number of thiazole rings is 1. The largest absolute Gasteiger partial charge is 0.334 e. The molecule has 0 radical (unpaired) electrons. The minimum atomic E-state index is -0.154. The van der Waals surface area contributed by atoms with Crippen molar-refractivity contribution in [1.29, 1.82) is 0 Å². The van der Waals surface area contributed by atoms with Crippen LogP contribution >= 0.6 is 11.3 Å². The average Bonchev–Trinajstić information content (AvgIpc) is 2.81. The van der Waals surface area contributed by atoms with Gasteiger partial charge in [0.25, 0.3) is 5.91 Å². The Hall–Kier alpha value is -1.43. The Morgan fingerprint density at radius 2 is 1.86 bits per heavy atom. The minimum absolute atomic E-state index is 0.0473. The highest BCUT2D eigenvalue weighted by molar-refractivity contribution is 7.14. The van der Waals surface area contributed by atoms with E-state index in [-0.39, 0.29) is 11.8 Å². The topological polar surface area (TPSA) is 62.3 Å². The highest BCUT2D eigenvalue weighted by Crippen LogP contribution is 2.47. The summed E-state index contributed by atoms with van der Waals surface area (Å²) in [6.07, 6.45) is 6.30. The van der Waals surface area contributed by atoms with Gasteiger partial charge in [0, 0.05) is 24.9 Å². The molecule has 5 nitrogen and oxygen atoms in total. The van der Waals surface area contributed by atoms with Gasteiger partial charge >= 0.3 is 0 Å². The van der Waals surface area contributed by atoms with E-state index in [4.69, 9.17) is 0 Å². The molecule has 2 saturated carbocycles. The lowest BCUT2D eigenvalue weighted by Gasteiger charge is -2.38. The van der Waals surface area contributed by atoms with Crippen LogP contribution in [0, 0.1) is 17.8 Å². The normalized spacial score (nSPS) is 32.9. The van der Waals surface area contributed by atoms with Crippen LogP contribution in [0.3, 0.4) is 0 Å². The van der Waals surface area contributed by atoms with Crippen molar-refractivity contribution in [2.45, 2.75) is 45.1 Å². The Labute approximate surface area is 134 Å². The van der Waals surface area contributed by atoms with Crippen molar-refractivity contribution in [2.75, 3.05) is 11.9 Å². The first-order chi connectivity index (χ1) is 10.6. The van der Waals surface area contributed by atoms with E-state index in [2.05, 4.69) is 15.2 Å². The molecule has 1 aromatic rings. The van der Waals surface area contributed by atoms with Gasteiger partial charge in [0.15, 0.2) is 5.13 Å². The third-order valence-electron chi connectivity index (χ3n) is 5.37. The molecule has 2 atom stereocenters. The maximum absolute atomic E-state index is 12.9. The van der Waals surface area contributed by atoms with Crippen LogP contribution in [0.1, 0.15) is 49.5 Å². The van der Waals surface area contributed by atoms with Crippen molar-refractivity contribution in [3.63, 3.8) is 0 Å². The Bertz CT molecular complexity index is 600. The number of aromatic nitrogens is 1. The first-order valence-electron chi connectivity index (χ1n) is 8.12. The van der Waals surface area contributed by atoms with Gasteiger partial charge in [-0.25, -0.2) is 4.98 Å². The lowest BCUT2D eigenvalue weighted by Crippen LogP contribution is -2.42. The van der Waals surface area contributed by atoms with Gasteiger partial charge in [0.2, 0.25) is 5.91 Å². The Morgan fingerprint density at radius 1 is 1.18 bits per heavy atom. The molecule has 2 aliphatic carbocycles. The molecule has 4 fully saturated rings. The van der Waals surface area contributed by atoms with Gasteiger partial charge in [-0.2, -0.15) is 0 Å². The number of fused-ring (bicyclic) bond motifs is 1. The molecule has 0 aromatic carbocycles. The highest BCUT2D eigenvalue weighted by Gasteiger charge is 2.44. The smallest absolute Gasteiger partial charge is 0.273 e. The van der Waals surface area contributed by atoms with Gasteiger partial charge in [0.1, 0.15) is 5.69 Å². The number of amides is 2. The molecule has 3 heterocycles. The van der Waals surface area contributed by atoms with E-state index >= 15 is 0 Å². The van der Waals surface area contributed by atoms with Gasteiger partial charge in [-0.3, -0.25) is 9.59 Å². The molecule has 2 amide bonds. The van der Waals surface area contributed by atoms with Crippen molar-refractivity contribution in [3.05, 3.63) is 11.1 Å². The quantitative estimate of drug-likeness (QED) is 0.911. The van der Waals surface area contributed by atoms with Crippen molar-refractivity contribution in [2.24, 2.45) is 17.8 Å². The molecule has 2 unspecified atom stereocenters. The summed E-state index contributed by atoms with van der Waals surface area (Å²) in [4.78, 5) is 30.3. The van der Waals surface area contributed by atoms with Crippen molar-refractivity contribution in [1.82, 2.24) is 9.88 Å². The molecular formula is C16H21N3O2S. The van der Waals surface area contributed by atoms with E-state index in [1.807, 2.05) is 0 Å². The van der Waals surface area contributed by atoms with Crippen LogP contribution in [-0.2, 0) is 4.79 Å². The van der Waals surface area contributed by atoms with Crippen LogP contribution in [0.4, 0.5) is 5.13 Å². The fraction of sp³-hybridized carbons (Fsp3) is 0.688. The van der Waals surface area contributed by atoms with E-state index in [0.29, 0.717) is 22.8 Å². The first kappa shape index (κ1) is 14.2. The van der Waals surface area contributed by atoms with Gasteiger partial charge in [-0.15, -0.1) is 11.3 Å². The number of anilines is 1. The van der Waals surface area contributed by atoms with Gasteiger partial charge in [-0.05, 0) is 49.9 Å². The van der Waals surface area contributed by atoms with Gasteiger partial charge < -0.3 is 10.2 Å². The van der Waals surface area contributed by atoms with Crippen LogP contribution < -0.4 is 5.32 Å². The van der Waals surface area contributed by atoms with Crippen LogP contribution in [0.5, 0.6) is 0 Å². The molecular weight excluding hydrogens is 298 g/mol. The second kappa shape index (κ2) is 5.33. The molecule has 1 aromatic heterocycles. The number of carbonyl (C=O) groups excluding carboxylic acids is 2. The third-order valence-corrected chi connectivity index (χ3v) is 6.13. The summed E-state index contributed by atoms with van der Waals surface area (Å²) < 4.78 is 0. The van der Waals surface area contributed by atoms with Crippen LogP contribution in [0.15, 0.2) is 5.38 Å². The van der Waals surface area contributed by atoms with E-state index in [1.54, 1.807) is 5.38 Å². The third kappa shape index (κ3) is 2.53. The maximum atomic E-state index is 12.9. The second-order valence-corrected chi connectivity index (χ2v) is 7.97. The van der Waals surface area contributed by atoms with E-state index in [9.17, 15) is 9.59 Å². The molecule has 4 aliphatic rings. The van der Waals surface area contributed by atoms with Gasteiger partial charge in [0.05, 0.1) is 0 Å². The summed E-state index contributed by atoms with van der Waals surface area (Å²) in [6.45, 7) is 2.34. The van der Waals surface area contributed by atoms with Crippen molar-refractivity contribution in [3.8, 4) is 0 Å². The number of nitrogens with zero attached hydrogens (tertiary/aromatic N) is 2. The predicted molar refractivity (Wildman–Crippen MR) is 84.8 cm³/mol. The monoisotopic (exact) mass is 319 g/mol. The molecule has 4 bridgehead atoms. The number of rotatable bonds is 2. The summed E-state index contributed by atoms with van der Waals surface area (Å²) in [5.74, 6) is 2.22. The summed E-state index contributed by atoms with van der Waals surface area (Å²) in [7, 11) is 0. The second-order valence-electron chi connectivity index (χ2n) is 7.11. The lowest BCUT2D eigenvalue weighted by atomic mass is 9.68. The zero-order valence-electron chi connectivity index (χ0n) is 12.7. The average molecular weight is 319 g/mol. The fourth-order valence-corrected chi connectivity index (χ4v) is 5.49. The zero-order valence-corrected chi connectivity index (χ0v) is 13.6. The summed E-state index contributed by atoms with van der Waals surface area (Å²) in [6, 6.07) is 0.398. The van der Waals surface area contributed by atoms with E-state index in [1.165, 1.54) is 50.4 Å². The van der Waals surface area contributed by atoms with Crippen LogP contribution in [0.2, 0.25) is 0 Å². The van der Waals surface area contributed by atoms with Gasteiger partial charge in [-0.1, -0.05) is 0 Å². The van der Waals surface area contributed by atoms with Crippen molar-refractivity contribution < 1.29 is 9.59 Å². The number of carbonyl (C=O) groups is 2. The lowest BCUT2D eigenvalue weighted by molar-refractivity contribution is -0.114. The SMILES string of the molecule is CC(=O)Nc1nc(C(=O)N2CC3CC4CC(C3)CC2C4)cs1. The van der Waals surface area contributed by atoms with Crippen LogP contribution in [-0.4, -0.2) is 34.3 Å². The standard InChI is InChI=1S/C16H21N3O2S/c1-9(20)17-16-18-14(8-22-16)15(21)19-7-12-3-10-2-11(4-12)6-13(19)5-10/h8,10-13H,2-7H2,1H3,(H,17,18,20).